The van der Waals surface area contributed by atoms with Crippen molar-refractivity contribution in [3.05, 3.63) is 41.6 Å². The van der Waals surface area contributed by atoms with E-state index in [1.54, 1.807) is 37.5 Å². The van der Waals surface area contributed by atoms with E-state index >= 15 is 0 Å². The summed E-state index contributed by atoms with van der Waals surface area (Å²) >= 11 is 0. The van der Waals surface area contributed by atoms with Crippen LogP contribution in [0.25, 0.3) is 0 Å². The molecule has 1 aliphatic rings. The fourth-order valence-electron chi connectivity index (χ4n) is 2.99. The molecule has 2 aromatic rings. The van der Waals surface area contributed by atoms with Gasteiger partial charge in [-0.3, -0.25) is 0 Å². The van der Waals surface area contributed by atoms with Gasteiger partial charge in [-0.15, -0.1) is 0 Å². The SMILES string of the molecule is CNc1nc(Nc2ccc(C#N)cc2)ncc1C#CC1CC(NC(=O)OC(C)(C)C)C1. The molecular formula is C23H26N6O2. The van der Waals surface area contributed by atoms with E-state index in [0.717, 1.165) is 18.5 Å². The number of anilines is 3. The van der Waals surface area contributed by atoms with E-state index in [9.17, 15) is 4.79 Å². The Morgan fingerprint density at radius 1 is 1.23 bits per heavy atom. The smallest absolute Gasteiger partial charge is 0.407 e. The molecule has 3 N–H and O–H groups in total. The minimum Gasteiger partial charge on any atom is -0.444 e. The molecule has 0 aliphatic heterocycles. The lowest BCUT2D eigenvalue weighted by Crippen LogP contribution is -2.45. The minimum absolute atomic E-state index is 0.0909. The number of alkyl carbamates (subject to hydrolysis) is 1. The van der Waals surface area contributed by atoms with Gasteiger partial charge >= 0.3 is 6.09 Å². The number of nitriles is 1. The van der Waals surface area contributed by atoms with Crippen LogP contribution in [0.1, 0.15) is 44.7 Å². The first-order valence-electron chi connectivity index (χ1n) is 10.1. The van der Waals surface area contributed by atoms with Crippen molar-refractivity contribution in [3.63, 3.8) is 0 Å². The maximum atomic E-state index is 11.8. The number of hydrogen-bond acceptors (Lipinski definition) is 7. The molecule has 8 heteroatoms. The average molecular weight is 419 g/mol. The van der Waals surface area contributed by atoms with Crippen molar-refractivity contribution in [1.82, 2.24) is 15.3 Å². The predicted molar refractivity (Wildman–Crippen MR) is 119 cm³/mol. The number of nitrogens with one attached hydrogen (secondary N) is 3. The molecule has 1 saturated carbocycles. The lowest BCUT2D eigenvalue weighted by Gasteiger charge is -2.33. The van der Waals surface area contributed by atoms with Crippen molar-refractivity contribution >= 4 is 23.5 Å². The van der Waals surface area contributed by atoms with E-state index in [0.29, 0.717) is 22.9 Å². The van der Waals surface area contributed by atoms with Gasteiger partial charge in [0.15, 0.2) is 0 Å². The molecule has 31 heavy (non-hydrogen) atoms. The highest BCUT2D eigenvalue weighted by Crippen LogP contribution is 2.27. The Hall–Kier alpha value is -3.78. The molecule has 8 nitrogen and oxygen atoms in total. The normalized spacial score (nSPS) is 17.3. The zero-order chi connectivity index (χ0) is 22.4. The van der Waals surface area contributed by atoms with Gasteiger partial charge in [0.25, 0.3) is 0 Å². The van der Waals surface area contributed by atoms with E-state index < -0.39 is 5.60 Å². The highest BCUT2D eigenvalue weighted by Gasteiger charge is 2.30. The summed E-state index contributed by atoms with van der Waals surface area (Å²) in [5.41, 5.74) is 1.58. The molecule has 1 aromatic heterocycles. The van der Waals surface area contributed by atoms with E-state index in [1.807, 2.05) is 20.8 Å². The Kier molecular flexibility index (Phi) is 6.61. The molecule has 1 aliphatic carbocycles. The van der Waals surface area contributed by atoms with Gasteiger partial charge in [-0.2, -0.15) is 10.2 Å². The van der Waals surface area contributed by atoms with Crippen molar-refractivity contribution in [1.29, 1.82) is 5.26 Å². The third kappa shape index (κ3) is 6.35. The highest BCUT2D eigenvalue weighted by molar-refractivity contribution is 5.68. The standard InChI is InChI=1S/C23H26N6O2/c1-23(2,3)31-22(30)28-19-11-16(12-19)5-8-17-14-26-21(29-20(17)25-4)27-18-9-6-15(13-24)7-10-18/h6-7,9-10,14,16,19H,11-12H2,1-4H3,(H,28,30)(H2,25,26,27,29). The molecule has 1 aromatic carbocycles. The summed E-state index contributed by atoms with van der Waals surface area (Å²) in [6, 6.07) is 9.23. The fraction of sp³-hybridized carbons (Fsp3) is 0.391. The minimum atomic E-state index is -0.502. The van der Waals surface area contributed by atoms with Crippen LogP contribution in [-0.2, 0) is 4.74 Å². The maximum Gasteiger partial charge on any atom is 0.407 e. The molecule has 0 bridgehead atoms. The summed E-state index contributed by atoms with van der Waals surface area (Å²) < 4.78 is 5.27. The van der Waals surface area contributed by atoms with Gasteiger partial charge in [-0.25, -0.2) is 9.78 Å². The Balaban J connectivity index is 1.56. The van der Waals surface area contributed by atoms with Crippen LogP contribution in [-0.4, -0.2) is 34.8 Å². The zero-order valence-corrected chi connectivity index (χ0v) is 18.1. The number of aromatic nitrogens is 2. The molecular weight excluding hydrogens is 392 g/mol. The van der Waals surface area contributed by atoms with Gasteiger partial charge in [0, 0.05) is 24.7 Å². The van der Waals surface area contributed by atoms with E-state index in [2.05, 4.69) is 43.8 Å². The summed E-state index contributed by atoms with van der Waals surface area (Å²) in [6.45, 7) is 5.52. The van der Waals surface area contributed by atoms with E-state index in [-0.39, 0.29) is 18.1 Å². The van der Waals surface area contributed by atoms with E-state index in [4.69, 9.17) is 10.00 Å². The molecule has 0 atom stereocenters. The fourth-order valence-corrected chi connectivity index (χ4v) is 2.99. The third-order valence-electron chi connectivity index (χ3n) is 4.57. The first-order chi connectivity index (χ1) is 14.8. The molecule has 0 saturated heterocycles. The Bertz CT molecular complexity index is 1030. The largest absolute Gasteiger partial charge is 0.444 e. The maximum absolute atomic E-state index is 11.8. The molecule has 0 spiro atoms. The van der Waals surface area contributed by atoms with Gasteiger partial charge in [0.05, 0.1) is 23.4 Å². The van der Waals surface area contributed by atoms with Crippen LogP contribution in [0.15, 0.2) is 30.5 Å². The monoisotopic (exact) mass is 418 g/mol. The molecule has 0 radical (unpaired) electrons. The number of carbonyl (C=O) groups is 1. The highest BCUT2D eigenvalue weighted by atomic mass is 16.6. The van der Waals surface area contributed by atoms with E-state index in [1.165, 1.54) is 0 Å². The van der Waals surface area contributed by atoms with Crippen LogP contribution >= 0.6 is 0 Å². The zero-order valence-electron chi connectivity index (χ0n) is 18.1. The van der Waals surface area contributed by atoms with Crippen LogP contribution in [0.5, 0.6) is 0 Å². The average Bonchev–Trinajstić information content (AvgIpc) is 2.69. The Morgan fingerprint density at radius 3 is 2.55 bits per heavy atom. The molecule has 1 fully saturated rings. The van der Waals surface area contributed by atoms with Crippen LogP contribution in [0.2, 0.25) is 0 Å². The number of benzene rings is 1. The Labute approximate surface area is 182 Å². The number of hydrogen-bond donors (Lipinski definition) is 3. The van der Waals surface area contributed by atoms with Gasteiger partial charge in [-0.05, 0) is 57.9 Å². The first kappa shape index (κ1) is 21.9. The predicted octanol–water partition coefficient (Wildman–Crippen LogP) is 3.79. The summed E-state index contributed by atoms with van der Waals surface area (Å²) in [5, 5.41) is 17.9. The number of carbonyl (C=O) groups excluding carboxylic acids is 1. The molecule has 1 amide bonds. The summed E-state index contributed by atoms with van der Waals surface area (Å²) in [6.07, 6.45) is 2.87. The quantitative estimate of drug-likeness (QED) is 0.648. The number of ether oxygens (including phenoxy) is 1. The first-order valence-corrected chi connectivity index (χ1v) is 10.1. The third-order valence-corrected chi connectivity index (χ3v) is 4.57. The number of rotatable bonds is 4. The van der Waals surface area contributed by atoms with Crippen molar-refractivity contribution < 1.29 is 9.53 Å². The van der Waals surface area contributed by atoms with Crippen LogP contribution in [0.4, 0.5) is 22.2 Å². The Morgan fingerprint density at radius 2 is 1.94 bits per heavy atom. The summed E-state index contributed by atoms with van der Waals surface area (Å²) in [4.78, 5) is 20.6. The van der Waals surface area contributed by atoms with Gasteiger partial charge in [0.1, 0.15) is 11.4 Å². The number of amides is 1. The van der Waals surface area contributed by atoms with Gasteiger partial charge in [0.2, 0.25) is 5.95 Å². The second-order valence-electron chi connectivity index (χ2n) is 8.30. The molecule has 1 heterocycles. The number of nitrogens with zero attached hydrogens (tertiary/aromatic N) is 3. The second kappa shape index (κ2) is 9.36. The van der Waals surface area contributed by atoms with Crippen LogP contribution in [0, 0.1) is 29.1 Å². The van der Waals surface area contributed by atoms with Gasteiger partial charge in [-0.1, -0.05) is 11.8 Å². The lowest BCUT2D eigenvalue weighted by molar-refractivity contribution is 0.0467. The lowest BCUT2D eigenvalue weighted by atomic mass is 9.81. The van der Waals surface area contributed by atoms with Crippen molar-refractivity contribution in [2.45, 2.75) is 45.3 Å². The van der Waals surface area contributed by atoms with Gasteiger partial charge < -0.3 is 20.7 Å². The topological polar surface area (TPSA) is 112 Å². The van der Waals surface area contributed by atoms with Crippen molar-refractivity contribution in [3.8, 4) is 17.9 Å². The molecule has 0 unspecified atom stereocenters. The van der Waals surface area contributed by atoms with Crippen LogP contribution in [0.3, 0.4) is 0 Å². The van der Waals surface area contributed by atoms with Crippen molar-refractivity contribution in [2.24, 2.45) is 5.92 Å². The molecule has 3 rings (SSSR count). The van der Waals surface area contributed by atoms with Crippen molar-refractivity contribution in [2.75, 3.05) is 17.7 Å². The summed E-state index contributed by atoms with van der Waals surface area (Å²) in [5.74, 6) is 7.64. The second-order valence-corrected chi connectivity index (χ2v) is 8.30. The molecule has 160 valence electrons. The van der Waals surface area contributed by atoms with Crippen LogP contribution < -0.4 is 16.0 Å². The summed E-state index contributed by atoms with van der Waals surface area (Å²) in [7, 11) is 1.78.